The molecule has 0 spiro atoms. The fourth-order valence-electron chi connectivity index (χ4n) is 3.48. The lowest BCUT2D eigenvalue weighted by atomic mass is 9.62. The van der Waals surface area contributed by atoms with Crippen molar-refractivity contribution in [3.63, 3.8) is 0 Å². The summed E-state index contributed by atoms with van der Waals surface area (Å²) in [6.07, 6.45) is 1.75. The molecular formula is C20H29ClN2O2. The summed E-state index contributed by atoms with van der Waals surface area (Å²) >= 11 is 0. The summed E-state index contributed by atoms with van der Waals surface area (Å²) in [5.74, 6) is -0.867. The van der Waals surface area contributed by atoms with E-state index in [-0.39, 0.29) is 12.4 Å². The predicted molar refractivity (Wildman–Crippen MR) is 107 cm³/mol. The first kappa shape index (κ1) is 21.4. The lowest BCUT2D eigenvalue weighted by molar-refractivity contribution is -0.147. The Balaban J connectivity index is 0.00000312. The summed E-state index contributed by atoms with van der Waals surface area (Å²) in [7, 11) is 0. The maximum Gasteiger partial charge on any atom is 0.316 e. The lowest BCUT2D eigenvalue weighted by Crippen LogP contribution is -2.51. The molecule has 2 rings (SSSR count). The monoisotopic (exact) mass is 364 g/mol. The van der Waals surface area contributed by atoms with Gasteiger partial charge in [-0.1, -0.05) is 43.2 Å². The van der Waals surface area contributed by atoms with Gasteiger partial charge in [-0.2, -0.15) is 0 Å². The molecule has 3 N–H and O–H groups in total. The van der Waals surface area contributed by atoms with Crippen LogP contribution in [0, 0.1) is 12.3 Å². The summed E-state index contributed by atoms with van der Waals surface area (Å²) in [6, 6.07) is 8.01. The van der Waals surface area contributed by atoms with Crippen molar-refractivity contribution < 1.29 is 9.90 Å². The van der Waals surface area contributed by atoms with Gasteiger partial charge in [-0.25, -0.2) is 0 Å². The van der Waals surface area contributed by atoms with E-state index in [2.05, 4.69) is 6.92 Å². The van der Waals surface area contributed by atoms with Gasteiger partial charge >= 0.3 is 5.97 Å². The molecule has 0 radical (unpaired) electrons. The Bertz CT molecular complexity index is 705. The summed E-state index contributed by atoms with van der Waals surface area (Å²) in [5, 5.41) is 10.1. The Morgan fingerprint density at radius 1 is 1.20 bits per heavy atom. The fraction of sp³-hybridized carbons (Fsp3) is 0.500. The van der Waals surface area contributed by atoms with Crippen LogP contribution in [0.4, 0.5) is 0 Å². The zero-order chi connectivity index (χ0) is 18.1. The van der Waals surface area contributed by atoms with Crippen molar-refractivity contribution in [2.45, 2.75) is 53.0 Å². The zero-order valence-corrected chi connectivity index (χ0v) is 16.5. The molecule has 0 bridgehead atoms. The van der Waals surface area contributed by atoms with E-state index in [0.29, 0.717) is 6.54 Å². The molecule has 1 aliphatic heterocycles. The Morgan fingerprint density at radius 3 is 2.20 bits per heavy atom. The van der Waals surface area contributed by atoms with Gasteiger partial charge in [0.05, 0.1) is 5.54 Å². The van der Waals surface area contributed by atoms with Crippen LogP contribution in [0.3, 0.4) is 0 Å². The Morgan fingerprint density at radius 2 is 1.76 bits per heavy atom. The van der Waals surface area contributed by atoms with E-state index in [1.807, 2.05) is 45.0 Å². The smallest absolute Gasteiger partial charge is 0.316 e. The molecule has 1 aliphatic rings. The van der Waals surface area contributed by atoms with Gasteiger partial charge < -0.3 is 10.8 Å². The minimum Gasteiger partial charge on any atom is -0.481 e. The molecule has 0 amide bonds. The number of aliphatic carboxylic acids is 1. The normalized spacial score (nSPS) is 22.2. The van der Waals surface area contributed by atoms with E-state index in [1.54, 1.807) is 6.92 Å². The number of carbonyl (C=O) groups is 1. The Kier molecular flexibility index (Phi) is 6.60. The molecule has 138 valence electrons. The molecule has 0 saturated heterocycles. The maximum atomic E-state index is 12.3. The molecular weight excluding hydrogens is 336 g/mol. The minimum atomic E-state index is -1.13. The third kappa shape index (κ3) is 3.51. The van der Waals surface area contributed by atoms with Crippen LogP contribution in [0.1, 0.15) is 51.7 Å². The number of rotatable bonds is 5. The largest absolute Gasteiger partial charge is 0.481 e. The molecule has 0 aromatic heterocycles. The summed E-state index contributed by atoms with van der Waals surface area (Å²) < 4.78 is 0. The van der Waals surface area contributed by atoms with E-state index in [9.17, 15) is 9.90 Å². The van der Waals surface area contributed by atoms with Crippen LogP contribution in [0.15, 0.2) is 34.8 Å². The van der Waals surface area contributed by atoms with Crippen LogP contribution in [0.5, 0.6) is 0 Å². The van der Waals surface area contributed by atoms with Crippen molar-refractivity contribution in [1.82, 2.24) is 0 Å². The average Bonchev–Trinajstić information content (AvgIpc) is 2.51. The highest BCUT2D eigenvalue weighted by atomic mass is 35.5. The molecule has 4 nitrogen and oxygen atoms in total. The van der Waals surface area contributed by atoms with Crippen LogP contribution in [-0.4, -0.2) is 28.9 Å². The molecule has 0 fully saturated rings. The quantitative estimate of drug-likeness (QED) is 0.819. The molecule has 5 heteroatoms. The van der Waals surface area contributed by atoms with Crippen molar-refractivity contribution in [2.24, 2.45) is 16.1 Å². The Labute approximate surface area is 156 Å². The molecule has 1 aromatic carbocycles. The third-order valence-corrected chi connectivity index (χ3v) is 5.25. The lowest BCUT2D eigenvalue weighted by Gasteiger charge is -2.45. The number of aliphatic imine (C=N–C) groups is 1. The number of benzene rings is 1. The molecule has 1 heterocycles. The molecule has 0 saturated carbocycles. The highest BCUT2D eigenvalue weighted by molar-refractivity contribution is 6.13. The van der Waals surface area contributed by atoms with Crippen LogP contribution in [0.25, 0.3) is 5.57 Å². The van der Waals surface area contributed by atoms with Gasteiger partial charge in [0.1, 0.15) is 5.41 Å². The maximum absolute atomic E-state index is 12.3. The summed E-state index contributed by atoms with van der Waals surface area (Å²) in [5.41, 5.74) is 8.87. The van der Waals surface area contributed by atoms with Gasteiger partial charge in [-0.05, 0) is 50.8 Å². The number of hydrogen-bond acceptors (Lipinski definition) is 3. The molecule has 1 aromatic rings. The standard InChI is InChI=1S/C20H28N2O2.ClH/c1-6-7-16-15(12-21)17(14-10-8-13(2)9-11-14)20(5,18(23)24)19(3,4)22-16;/h8-11H,6-7,12,21H2,1-5H3,(H,23,24);1H. The van der Waals surface area contributed by atoms with Gasteiger partial charge in [-0.15, -0.1) is 12.4 Å². The second-order valence-corrected chi connectivity index (χ2v) is 7.22. The average molecular weight is 365 g/mol. The van der Waals surface area contributed by atoms with Crippen molar-refractivity contribution in [3.8, 4) is 0 Å². The Hall–Kier alpha value is -1.65. The molecule has 0 aliphatic carbocycles. The predicted octanol–water partition coefficient (Wildman–Crippen LogP) is 4.25. The number of nitrogens with zero attached hydrogens (tertiary/aromatic N) is 1. The minimum absolute atomic E-state index is 0. The second-order valence-electron chi connectivity index (χ2n) is 7.22. The molecule has 25 heavy (non-hydrogen) atoms. The van der Waals surface area contributed by atoms with Crippen LogP contribution in [0.2, 0.25) is 0 Å². The summed E-state index contributed by atoms with van der Waals surface area (Å²) in [6.45, 7) is 9.98. The van der Waals surface area contributed by atoms with Crippen LogP contribution < -0.4 is 5.73 Å². The number of aryl methyl sites for hydroxylation is 1. The highest BCUT2D eigenvalue weighted by Crippen LogP contribution is 2.50. The van der Waals surface area contributed by atoms with E-state index in [1.165, 1.54) is 0 Å². The van der Waals surface area contributed by atoms with Gasteiger partial charge in [0, 0.05) is 12.3 Å². The topological polar surface area (TPSA) is 75.7 Å². The van der Waals surface area contributed by atoms with Crippen LogP contribution >= 0.6 is 12.4 Å². The number of hydrogen-bond donors (Lipinski definition) is 2. The van der Waals surface area contributed by atoms with Gasteiger partial charge in [0.2, 0.25) is 0 Å². The highest BCUT2D eigenvalue weighted by Gasteiger charge is 2.54. The van der Waals surface area contributed by atoms with E-state index in [4.69, 9.17) is 10.7 Å². The number of halogens is 1. The van der Waals surface area contributed by atoms with Crippen molar-refractivity contribution in [1.29, 1.82) is 0 Å². The number of nitrogens with two attached hydrogens (primary N) is 1. The zero-order valence-electron chi connectivity index (χ0n) is 15.7. The van der Waals surface area contributed by atoms with Gasteiger partial charge in [0.25, 0.3) is 0 Å². The van der Waals surface area contributed by atoms with Crippen molar-refractivity contribution >= 4 is 29.7 Å². The number of carboxylic acids is 1. The summed E-state index contributed by atoms with van der Waals surface area (Å²) in [4.78, 5) is 17.1. The molecule has 1 unspecified atom stereocenters. The molecule has 1 atom stereocenters. The van der Waals surface area contributed by atoms with E-state index >= 15 is 0 Å². The van der Waals surface area contributed by atoms with E-state index in [0.717, 1.165) is 40.8 Å². The first-order chi connectivity index (χ1) is 11.2. The van der Waals surface area contributed by atoms with Crippen molar-refractivity contribution in [2.75, 3.05) is 6.54 Å². The first-order valence-corrected chi connectivity index (χ1v) is 8.52. The fourth-order valence-corrected chi connectivity index (χ4v) is 3.48. The number of dihydropyridines is 1. The van der Waals surface area contributed by atoms with Gasteiger partial charge in [0.15, 0.2) is 0 Å². The SMILES string of the molecule is CCCC1=NC(C)(C)C(C)(C(=O)O)C(c2ccc(C)cc2)=C1CN.Cl. The third-order valence-electron chi connectivity index (χ3n) is 5.25. The first-order valence-electron chi connectivity index (χ1n) is 8.52. The van der Waals surface area contributed by atoms with Gasteiger partial charge in [-0.3, -0.25) is 9.79 Å². The number of carboxylic acid groups (broad SMARTS) is 1. The van der Waals surface area contributed by atoms with Crippen LogP contribution in [-0.2, 0) is 4.79 Å². The van der Waals surface area contributed by atoms with Crippen molar-refractivity contribution in [3.05, 3.63) is 41.0 Å². The van der Waals surface area contributed by atoms with E-state index < -0.39 is 16.9 Å². The second kappa shape index (κ2) is 7.71.